The molecule has 17 heavy (non-hydrogen) atoms. The van der Waals surface area contributed by atoms with Crippen LogP contribution in [0.5, 0.6) is 0 Å². The van der Waals surface area contributed by atoms with E-state index >= 15 is 0 Å². The van der Waals surface area contributed by atoms with Crippen LogP contribution >= 0.6 is 11.6 Å². The van der Waals surface area contributed by atoms with Crippen LogP contribution in [0.4, 0.5) is 0 Å². The number of hydrogen-bond acceptors (Lipinski definition) is 0. The van der Waals surface area contributed by atoms with E-state index in [1.807, 2.05) is 0 Å². The van der Waals surface area contributed by atoms with Gasteiger partial charge in [-0.2, -0.15) is 0 Å². The van der Waals surface area contributed by atoms with Gasteiger partial charge in [0.25, 0.3) is 0 Å². The lowest BCUT2D eigenvalue weighted by Crippen LogP contribution is -2.12. The predicted octanol–water partition coefficient (Wildman–Crippen LogP) is 4.93. The number of alkyl halides is 1. The average Bonchev–Trinajstić information content (AvgIpc) is 2.64. The third-order valence-corrected chi connectivity index (χ3v) is 4.46. The molecule has 1 heteroatoms. The molecule has 0 aromatic heterocycles. The third-order valence-electron chi connectivity index (χ3n) is 3.88. The van der Waals surface area contributed by atoms with E-state index in [2.05, 4.69) is 45.0 Å². The van der Waals surface area contributed by atoms with Crippen LogP contribution in [0.3, 0.4) is 0 Å². The molecule has 0 heterocycles. The van der Waals surface area contributed by atoms with Gasteiger partial charge in [0.1, 0.15) is 0 Å². The molecule has 94 valence electrons. The van der Waals surface area contributed by atoms with Crippen molar-refractivity contribution >= 4 is 11.6 Å². The third kappa shape index (κ3) is 3.25. The van der Waals surface area contributed by atoms with E-state index in [9.17, 15) is 0 Å². The summed E-state index contributed by atoms with van der Waals surface area (Å²) in [7, 11) is 0. The van der Waals surface area contributed by atoms with Crippen molar-refractivity contribution in [3.63, 3.8) is 0 Å². The van der Waals surface area contributed by atoms with Gasteiger partial charge >= 0.3 is 0 Å². The van der Waals surface area contributed by atoms with E-state index in [0.29, 0.717) is 11.3 Å². The molecule has 0 nitrogen and oxygen atoms in total. The Balaban J connectivity index is 2.03. The second-order valence-electron chi connectivity index (χ2n) is 6.36. The summed E-state index contributed by atoms with van der Waals surface area (Å²) in [6, 6.07) is 9.10. The molecule has 1 saturated carbocycles. The second-order valence-corrected chi connectivity index (χ2v) is 6.92. The highest BCUT2D eigenvalue weighted by molar-refractivity contribution is 6.20. The van der Waals surface area contributed by atoms with Crippen LogP contribution in [0.2, 0.25) is 0 Å². The Morgan fingerprint density at radius 1 is 1.12 bits per heavy atom. The van der Waals surface area contributed by atoms with E-state index in [4.69, 9.17) is 11.6 Å². The van der Waals surface area contributed by atoms with Crippen molar-refractivity contribution in [3.8, 4) is 0 Å². The number of halogens is 1. The summed E-state index contributed by atoms with van der Waals surface area (Å²) in [4.78, 5) is 0. The summed E-state index contributed by atoms with van der Waals surface area (Å²) in [5, 5.41) is 0.400. The Hall–Kier alpha value is -0.490. The molecule has 1 aliphatic carbocycles. The molecular formula is C16H23Cl. The van der Waals surface area contributed by atoms with Crippen LogP contribution in [-0.2, 0) is 11.8 Å². The number of benzene rings is 1. The van der Waals surface area contributed by atoms with Gasteiger partial charge in [-0.05, 0) is 41.7 Å². The van der Waals surface area contributed by atoms with Crippen molar-refractivity contribution in [2.45, 2.75) is 57.2 Å². The molecule has 0 N–H and O–H groups in total. The second kappa shape index (κ2) is 5.02. The first-order valence-electron chi connectivity index (χ1n) is 6.70. The van der Waals surface area contributed by atoms with Gasteiger partial charge in [0.05, 0.1) is 0 Å². The van der Waals surface area contributed by atoms with Crippen molar-refractivity contribution in [3.05, 3.63) is 35.4 Å². The van der Waals surface area contributed by atoms with Gasteiger partial charge in [0.15, 0.2) is 0 Å². The summed E-state index contributed by atoms with van der Waals surface area (Å²) in [5.41, 5.74) is 3.10. The van der Waals surface area contributed by atoms with Crippen LogP contribution in [0.25, 0.3) is 0 Å². The van der Waals surface area contributed by atoms with Crippen molar-refractivity contribution in [2.75, 3.05) is 0 Å². The smallest absolute Gasteiger partial charge is 0.0367 e. The van der Waals surface area contributed by atoms with Crippen LogP contribution in [0.1, 0.15) is 51.2 Å². The van der Waals surface area contributed by atoms with Gasteiger partial charge in [-0.3, -0.25) is 0 Å². The molecule has 0 spiro atoms. The largest absolute Gasteiger partial charge is 0.123 e. The van der Waals surface area contributed by atoms with Crippen LogP contribution in [0, 0.1) is 5.92 Å². The standard InChI is InChI=1S/C16H23Cl/c1-16(2,3)14-9-7-12(8-10-14)11-13-5-4-6-15(13)17/h7-10,13,15H,4-6,11H2,1-3H3. The molecule has 1 fully saturated rings. The molecule has 0 amide bonds. The molecule has 0 radical (unpaired) electrons. The molecular weight excluding hydrogens is 228 g/mol. The molecule has 0 bridgehead atoms. The number of rotatable bonds is 2. The van der Waals surface area contributed by atoms with Gasteiger partial charge < -0.3 is 0 Å². The normalized spacial score (nSPS) is 25.2. The monoisotopic (exact) mass is 250 g/mol. The summed E-state index contributed by atoms with van der Waals surface area (Å²) in [6.07, 6.45) is 4.96. The molecule has 1 aromatic rings. The Kier molecular flexibility index (Phi) is 3.82. The van der Waals surface area contributed by atoms with Crippen molar-refractivity contribution in [1.82, 2.24) is 0 Å². The summed E-state index contributed by atoms with van der Waals surface area (Å²) >= 11 is 6.33. The predicted molar refractivity (Wildman–Crippen MR) is 75.8 cm³/mol. The molecule has 2 unspecified atom stereocenters. The Morgan fingerprint density at radius 2 is 1.76 bits per heavy atom. The zero-order chi connectivity index (χ0) is 12.5. The fraction of sp³-hybridized carbons (Fsp3) is 0.625. The quantitative estimate of drug-likeness (QED) is 0.653. The maximum atomic E-state index is 6.33. The summed E-state index contributed by atoms with van der Waals surface area (Å²) in [6.45, 7) is 6.77. The lowest BCUT2D eigenvalue weighted by atomic mass is 9.86. The highest BCUT2D eigenvalue weighted by Crippen LogP contribution is 2.33. The minimum absolute atomic E-state index is 0.251. The number of hydrogen-bond donors (Lipinski definition) is 0. The van der Waals surface area contributed by atoms with Gasteiger partial charge in [-0.1, -0.05) is 51.5 Å². The first-order valence-corrected chi connectivity index (χ1v) is 7.14. The first kappa shape index (κ1) is 13.0. The first-order chi connectivity index (χ1) is 7.97. The molecule has 2 atom stereocenters. The van der Waals surface area contributed by atoms with Gasteiger partial charge in [-0.15, -0.1) is 11.6 Å². The van der Waals surface area contributed by atoms with Gasteiger partial charge in [0.2, 0.25) is 0 Å². The minimum Gasteiger partial charge on any atom is -0.123 e. The Labute approximate surface area is 110 Å². The molecule has 0 aliphatic heterocycles. The SMILES string of the molecule is CC(C)(C)c1ccc(CC2CCCC2Cl)cc1. The van der Waals surface area contributed by atoms with Crippen LogP contribution < -0.4 is 0 Å². The highest BCUT2D eigenvalue weighted by Gasteiger charge is 2.25. The average molecular weight is 251 g/mol. The van der Waals surface area contributed by atoms with Gasteiger partial charge in [0, 0.05) is 5.38 Å². The zero-order valence-corrected chi connectivity index (χ0v) is 11.9. The van der Waals surface area contributed by atoms with Crippen molar-refractivity contribution in [1.29, 1.82) is 0 Å². The van der Waals surface area contributed by atoms with E-state index in [1.165, 1.54) is 30.4 Å². The maximum Gasteiger partial charge on any atom is 0.0367 e. The zero-order valence-electron chi connectivity index (χ0n) is 11.2. The lowest BCUT2D eigenvalue weighted by Gasteiger charge is -2.20. The molecule has 0 saturated heterocycles. The van der Waals surface area contributed by atoms with Crippen LogP contribution in [-0.4, -0.2) is 5.38 Å². The van der Waals surface area contributed by atoms with Crippen molar-refractivity contribution < 1.29 is 0 Å². The minimum atomic E-state index is 0.251. The lowest BCUT2D eigenvalue weighted by molar-refractivity contribution is 0.551. The van der Waals surface area contributed by atoms with E-state index in [-0.39, 0.29) is 5.41 Å². The van der Waals surface area contributed by atoms with E-state index in [0.717, 1.165) is 6.42 Å². The molecule has 2 rings (SSSR count). The molecule has 1 aliphatic rings. The highest BCUT2D eigenvalue weighted by atomic mass is 35.5. The Bertz CT molecular complexity index is 358. The summed E-state index contributed by atoms with van der Waals surface area (Å²) < 4.78 is 0. The van der Waals surface area contributed by atoms with Crippen LogP contribution in [0.15, 0.2) is 24.3 Å². The van der Waals surface area contributed by atoms with E-state index < -0.39 is 0 Å². The maximum absolute atomic E-state index is 6.33. The fourth-order valence-electron chi connectivity index (χ4n) is 2.67. The van der Waals surface area contributed by atoms with E-state index in [1.54, 1.807) is 0 Å². The molecule has 1 aromatic carbocycles. The Morgan fingerprint density at radius 3 is 2.24 bits per heavy atom. The summed E-state index contributed by atoms with van der Waals surface area (Å²) in [5.74, 6) is 0.692. The van der Waals surface area contributed by atoms with Gasteiger partial charge in [-0.25, -0.2) is 0 Å². The topological polar surface area (TPSA) is 0 Å². The van der Waals surface area contributed by atoms with Crippen molar-refractivity contribution in [2.24, 2.45) is 5.92 Å². The fourth-order valence-corrected chi connectivity index (χ4v) is 3.03.